The number of piperazine rings is 1. The molecule has 4 aromatic rings. The smallest absolute Gasteiger partial charge is 0.255 e. The first-order valence-electron chi connectivity index (χ1n) is 19.5. The van der Waals surface area contributed by atoms with Crippen LogP contribution >= 0.6 is 0 Å². The van der Waals surface area contributed by atoms with E-state index in [1.807, 2.05) is 24.3 Å². The molecule has 0 bridgehead atoms. The number of unbranched alkanes of at least 4 members (excludes halogenated alkanes) is 2. The third kappa shape index (κ3) is 7.67. The Labute approximate surface area is 325 Å². The van der Waals surface area contributed by atoms with E-state index in [0.717, 1.165) is 79.9 Å². The Hall–Kier alpha value is -5.49. The Morgan fingerprint density at radius 1 is 0.875 bits per heavy atom. The zero-order valence-corrected chi connectivity index (χ0v) is 31.4. The van der Waals surface area contributed by atoms with Gasteiger partial charge in [0.25, 0.3) is 5.91 Å². The second-order valence-corrected chi connectivity index (χ2v) is 15.3. The van der Waals surface area contributed by atoms with Gasteiger partial charge >= 0.3 is 0 Å². The molecule has 0 aromatic heterocycles. The van der Waals surface area contributed by atoms with Gasteiger partial charge in [0.15, 0.2) is 11.6 Å². The first-order valence-corrected chi connectivity index (χ1v) is 19.5. The minimum atomic E-state index is -0.618. The fraction of sp³-hybridized carbons (Fsp3) is 0.386. The molecule has 0 aliphatic carbocycles. The molecule has 3 atom stereocenters. The molecule has 3 unspecified atom stereocenters. The molecule has 10 nitrogen and oxygen atoms in total. The molecule has 2 saturated heterocycles. The van der Waals surface area contributed by atoms with Gasteiger partial charge in [-0.2, -0.15) is 0 Å². The van der Waals surface area contributed by atoms with Gasteiger partial charge in [-0.05, 0) is 104 Å². The van der Waals surface area contributed by atoms with Crippen molar-refractivity contribution in [3.05, 3.63) is 118 Å². The van der Waals surface area contributed by atoms with Crippen LogP contribution < -0.4 is 19.7 Å². The van der Waals surface area contributed by atoms with Crippen molar-refractivity contribution in [3.8, 4) is 17.2 Å². The first-order chi connectivity index (χ1) is 27.1. The summed E-state index contributed by atoms with van der Waals surface area (Å²) < 4.78 is 41.6. The van der Waals surface area contributed by atoms with Gasteiger partial charge in [-0.25, -0.2) is 8.78 Å². The predicted octanol–water partition coefficient (Wildman–Crippen LogP) is 6.42. The van der Waals surface area contributed by atoms with Crippen molar-refractivity contribution in [1.29, 1.82) is 0 Å². The number of anilines is 1. The largest absolute Gasteiger partial charge is 0.508 e. The number of carbonyl (C=O) groups excluding carboxylic acids is 3. The van der Waals surface area contributed by atoms with Crippen LogP contribution in [-0.4, -0.2) is 84.6 Å². The maximum atomic E-state index is 15.6. The molecule has 292 valence electrons. The van der Waals surface area contributed by atoms with E-state index in [0.29, 0.717) is 43.1 Å². The molecule has 12 heteroatoms. The third-order valence-corrected chi connectivity index (χ3v) is 11.7. The van der Waals surface area contributed by atoms with Crippen LogP contribution in [0.4, 0.5) is 14.5 Å². The van der Waals surface area contributed by atoms with Crippen molar-refractivity contribution in [2.24, 2.45) is 0 Å². The lowest BCUT2D eigenvalue weighted by molar-refractivity contribution is -0.136. The molecule has 4 heterocycles. The predicted molar refractivity (Wildman–Crippen MR) is 206 cm³/mol. The second kappa shape index (κ2) is 15.9. The van der Waals surface area contributed by atoms with Crippen LogP contribution in [0, 0.1) is 18.6 Å². The molecule has 2 N–H and O–H groups in total. The molecule has 0 radical (unpaired) electrons. The summed E-state index contributed by atoms with van der Waals surface area (Å²) in [5.74, 6) is -1.20. The Morgan fingerprint density at radius 3 is 2.48 bits per heavy atom. The van der Waals surface area contributed by atoms with Gasteiger partial charge in [0.2, 0.25) is 11.8 Å². The number of imide groups is 1. The number of piperidine rings is 1. The fourth-order valence-corrected chi connectivity index (χ4v) is 8.61. The van der Waals surface area contributed by atoms with Crippen molar-refractivity contribution in [3.63, 3.8) is 0 Å². The van der Waals surface area contributed by atoms with Crippen LogP contribution in [0.1, 0.15) is 82.1 Å². The van der Waals surface area contributed by atoms with Gasteiger partial charge in [0.05, 0.1) is 13.2 Å². The number of fused-ring (bicyclic) bond motifs is 2. The summed E-state index contributed by atoms with van der Waals surface area (Å²) in [5, 5.41) is 12.4. The summed E-state index contributed by atoms with van der Waals surface area (Å²) in [7, 11) is 0. The summed E-state index contributed by atoms with van der Waals surface area (Å²) >= 11 is 0. The highest BCUT2D eigenvalue weighted by atomic mass is 19.1. The number of hydrogen-bond donors (Lipinski definition) is 2. The van der Waals surface area contributed by atoms with Crippen molar-refractivity contribution < 1.29 is 37.7 Å². The minimum absolute atomic E-state index is 0.0890. The number of phenolic OH excluding ortho intramolecular Hbond substituents is 1. The molecule has 4 aromatic carbocycles. The monoisotopic (exact) mass is 764 g/mol. The quantitative estimate of drug-likeness (QED) is 0.133. The number of hydrogen-bond acceptors (Lipinski definition) is 8. The highest BCUT2D eigenvalue weighted by Crippen LogP contribution is 2.47. The zero-order chi connectivity index (χ0) is 38.9. The number of carbonyl (C=O) groups is 3. The summed E-state index contributed by atoms with van der Waals surface area (Å²) in [6, 6.07) is 20.4. The second-order valence-electron chi connectivity index (χ2n) is 15.3. The molecule has 0 saturated carbocycles. The number of benzene rings is 4. The number of rotatable bonds is 11. The summed E-state index contributed by atoms with van der Waals surface area (Å²) in [6.07, 6.45) is 3.34. The van der Waals surface area contributed by atoms with Crippen LogP contribution in [0.25, 0.3) is 0 Å². The van der Waals surface area contributed by atoms with Crippen molar-refractivity contribution in [1.82, 2.24) is 15.1 Å². The van der Waals surface area contributed by atoms with E-state index in [4.69, 9.17) is 9.47 Å². The molecule has 4 aliphatic heterocycles. The van der Waals surface area contributed by atoms with Gasteiger partial charge in [-0.1, -0.05) is 24.3 Å². The number of aromatic hydroxyl groups is 1. The van der Waals surface area contributed by atoms with E-state index in [9.17, 15) is 23.9 Å². The highest BCUT2D eigenvalue weighted by Gasteiger charge is 2.39. The average Bonchev–Trinajstić information content (AvgIpc) is 3.52. The number of amides is 3. The topological polar surface area (TPSA) is 112 Å². The van der Waals surface area contributed by atoms with Crippen LogP contribution in [0.2, 0.25) is 0 Å². The Balaban J connectivity index is 0.799. The number of phenols is 1. The van der Waals surface area contributed by atoms with Crippen molar-refractivity contribution in [2.45, 2.75) is 63.5 Å². The molecule has 3 amide bonds. The minimum Gasteiger partial charge on any atom is -0.508 e. The van der Waals surface area contributed by atoms with E-state index in [1.165, 1.54) is 12.1 Å². The number of ether oxygens (including phenoxy) is 2. The Morgan fingerprint density at radius 2 is 1.70 bits per heavy atom. The maximum absolute atomic E-state index is 15.6. The van der Waals surface area contributed by atoms with Crippen molar-refractivity contribution in [2.75, 3.05) is 50.8 Å². The normalized spacial score (nSPS) is 21.1. The fourth-order valence-electron chi connectivity index (χ4n) is 8.61. The van der Waals surface area contributed by atoms with Crippen LogP contribution in [0.3, 0.4) is 0 Å². The standard InChI is InChI=1S/C44H46F2N4O6/c1-27-21-28(5-11-36(27)45)35-26-56-40-24-32(51)8-10-34(40)42(35)29-6-13-39(37(46)23-29)55-20-4-2-3-15-48-16-18-49(19-17-48)31-7-9-33-30(22-31)25-50(44(33)54)38-12-14-41(52)47-43(38)53/h5-11,13,21-24,35,38,42,51H,2-4,12,14-20,25-26H2,1H3,(H,47,52,53). The number of halogens is 2. The van der Waals surface area contributed by atoms with Crippen LogP contribution in [0.5, 0.6) is 17.2 Å². The Bertz CT molecular complexity index is 2150. The highest BCUT2D eigenvalue weighted by molar-refractivity contribution is 6.05. The number of nitrogens with one attached hydrogen (secondary N) is 1. The van der Waals surface area contributed by atoms with Crippen LogP contribution in [0.15, 0.2) is 72.8 Å². The van der Waals surface area contributed by atoms with Crippen LogP contribution in [-0.2, 0) is 16.1 Å². The molecule has 56 heavy (non-hydrogen) atoms. The third-order valence-electron chi connectivity index (χ3n) is 11.7. The lowest BCUT2D eigenvalue weighted by atomic mass is 9.75. The van der Waals surface area contributed by atoms with E-state index in [2.05, 4.69) is 21.2 Å². The number of aryl methyl sites for hydroxylation is 1. The first kappa shape index (κ1) is 37.4. The average molecular weight is 765 g/mol. The lowest BCUT2D eigenvalue weighted by Gasteiger charge is -2.36. The Kier molecular flexibility index (Phi) is 10.7. The van der Waals surface area contributed by atoms with Gasteiger partial charge in [-0.15, -0.1) is 0 Å². The number of nitrogens with zero attached hydrogens (tertiary/aromatic N) is 3. The van der Waals surface area contributed by atoms with E-state index < -0.39 is 17.8 Å². The molecule has 4 aliphatic rings. The lowest BCUT2D eigenvalue weighted by Crippen LogP contribution is -2.52. The van der Waals surface area contributed by atoms with E-state index in [1.54, 1.807) is 42.2 Å². The summed E-state index contributed by atoms with van der Waals surface area (Å²) in [4.78, 5) is 43.4. The summed E-state index contributed by atoms with van der Waals surface area (Å²) in [5.41, 5.74) is 5.61. The summed E-state index contributed by atoms with van der Waals surface area (Å²) in [6.45, 7) is 7.35. The molecular weight excluding hydrogens is 719 g/mol. The molecular formula is C44H46F2N4O6. The zero-order valence-electron chi connectivity index (χ0n) is 31.4. The molecule has 2 fully saturated rings. The molecule has 8 rings (SSSR count). The molecule has 0 spiro atoms. The van der Waals surface area contributed by atoms with Gasteiger partial charge in [0.1, 0.15) is 23.4 Å². The van der Waals surface area contributed by atoms with Gasteiger partial charge in [-0.3, -0.25) is 24.6 Å². The SMILES string of the molecule is Cc1cc(C2COc3cc(O)ccc3C2c2ccc(OCCCCCN3CCN(c4ccc5c(c4)CN(C4CCC(=O)NC4=O)C5=O)CC3)c(F)c2)ccc1F. The maximum Gasteiger partial charge on any atom is 0.255 e. The van der Waals surface area contributed by atoms with Gasteiger partial charge < -0.3 is 24.4 Å². The van der Waals surface area contributed by atoms with Crippen molar-refractivity contribution >= 4 is 23.4 Å². The van der Waals surface area contributed by atoms with Gasteiger partial charge in [0, 0.05) is 73.9 Å². The van der Waals surface area contributed by atoms with E-state index >= 15 is 4.39 Å². The van der Waals surface area contributed by atoms with E-state index in [-0.39, 0.29) is 47.4 Å².